The van der Waals surface area contributed by atoms with Crippen molar-refractivity contribution in [3.63, 3.8) is 0 Å². The number of esters is 1. The lowest BCUT2D eigenvalue weighted by Gasteiger charge is -2.21. The first-order valence-corrected chi connectivity index (χ1v) is 6.98. The molecule has 116 valence electrons. The second kappa shape index (κ2) is 7.11. The summed E-state index contributed by atoms with van der Waals surface area (Å²) in [5.41, 5.74) is 4.77. The Balaban J connectivity index is 2.56. The summed E-state index contributed by atoms with van der Waals surface area (Å²) in [4.78, 5) is 31.4. The predicted molar refractivity (Wildman–Crippen MR) is 77.9 cm³/mol. The highest BCUT2D eigenvalue weighted by molar-refractivity contribution is 7.09. The van der Waals surface area contributed by atoms with E-state index < -0.39 is 17.5 Å². The number of aldehydes is 1. The number of nitrogens with two attached hydrogens (primary N) is 1. The number of ether oxygens (including phenoxy) is 1. The van der Waals surface area contributed by atoms with Gasteiger partial charge in [-0.2, -0.15) is 9.36 Å². The van der Waals surface area contributed by atoms with E-state index in [4.69, 9.17) is 15.3 Å². The molecule has 0 amide bonds. The zero-order chi connectivity index (χ0) is 16.0. The highest BCUT2D eigenvalue weighted by Crippen LogP contribution is 2.12. The van der Waals surface area contributed by atoms with Crippen molar-refractivity contribution in [3.05, 3.63) is 5.82 Å². The molecular weight excluding hydrogens is 296 g/mol. The molecule has 0 saturated heterocycles. The largest absolute Gasteiger partial charge is 0.460 e. The molecule has 2 N–H and O–H groups in total. The molecule has 0 radical (unpaired) electrons. The first kappa shape index (κ1) is 17.0. The van der Waals surface area contributed by atoms with Gasteiger partial charge in [0.2, 0.25) is 0 Å². The first-order chi connectivity index (χ1) is 9.73. The van der Waals surface area contributed by atoms with Gasteiger partial charge in [0, 0.05) is 11.5 Å². The third-order valence-electron chi connectivity index (χ3n) is 2.08. The third-order valence-corrected chi connectivity index (χ3v) is 2.62. The van der Waals surface area contributed by atoms with Crippen LogP contribution in [0.4, 0.5) is 5.13 Å². The van der Waals surface area contributed by atoms with Crippen molar-refractivity contribution >= 4 is 34.6 Å². The van der Waals surface area contributed by atoms with Gasteiger partial charge in [-0.25, -0.2) is 0 Å². The maximum absolute atomic E-state index is 11.7. The maximum Gasteiger partial charge on any atom is 0.312 e. The van der Waals surface area contributed by atoms with Gasteiger partial charge < -0.3 is 15.3 Å². The van der Waals surface area contributed by atoms with Gasteiger partial charge in [0.05, 0.1) is 5.92 Å². The standard InChI is InChI=1S/C12H18N4O4S/c1-7(10(18)20-12(2,3)4)6-19-15-8(5-17)9-14-11(13)21-16-9/h5,7H,6H2,1-4H3,(H2,13,14,16)/b15-8+. The lowest BCUT2D eigenvalue weighted by molar-refractivity contribution is -0.161. The van der Waals surface area contributed by atoms with E-state index in [1.807, 2.05) is 0 Å². The first-order valence-electron chi connectivity index (χ1n) is 6.20. The smallest absolute Gasteiger partial charge is 0.312 e. The molecule has 0 aliphatic rings. The van der Waals surface area contributed by atoms with Crippen LogP contribution in [0.3, 0.4) is 0 Å². The zero-order valence-electron chi connectivity index (χ0n) is 12.3. The number of nitrogens with zero attached hydrogens (tertiary/aromatic N) is 3. The van der Waals surface area contributed by atoms with Crippen LogP contribution < -0.4 is 5.73 Å². The predicted octanol–water partition coefficient (Wildman–Crippen LogP) is 1.02. The highest BCUT2D eigenvalue weighted by atomic mass is 32.1. The topological polar surface area (TPSA) is 117 Å². The van der Waals surface area contributed by atoms with Gasteiger partial charge in [0.1, 0.15) is 12.2 Å². The molecule has 9 heteroatoms. The summed E-state index contributed by atoms with van der Waals surface area (Å²) in [6.07, 6.45) is 0.458. The maximum atomic E-state index is 11.7. The summed E-state index contributed by atoms with van der Waals surface area (Å²) in [6, 6.07) is 0. The van der Waals surface area contributed by atoms with Gasteiger partial charge in [0.25, 0.3) is 0 Å². The van der Waals surface area contributed by atoms with Crippen LogP contribution in [0.1, 0.15) is 33.5 Å². The van der Waals surface area contributed by atoms with Gasteiger partial charge >= 0.3 is 5.97 Å². The molecule has 0 aliphatic heterocycles. The Hall–Kier alpha value is -2.03. The highest BCUT2D eigenvalue weighted by Gasteiger charge is 2.22. The summed E-state index contributed by atoms with van der Waals surface area (Å²) in [6.45, 7) is 6.95. The van der Waals surface area contributed by atoms with Crippen LogP contribution in [-0.4, -0.2) is 39.5 Å². The van der Waals surface area contributed by atoms with Crippen molar-refractivity contribution in [1.29, 1.82) is 0 Å². The number of hydrogen-bond donors (Lipinski definition) is 1. The fourth-order valence-corrected chi connectivity index (χ4v) is 1.58. The number of aromatic nitrogens is 2. The number of oxime groups is 1. The van der Waals surface area contributed by atoms with Crippen molar-refractivity contribution in [2.75, 3.05) is 12.3 Å². The zero-order valence-corrected chi connectivity index (χ0v) is 13.1. The lowest BCUT2D eigenvalue weighted by Crippen LogP contribution is -2.29. The molecule has 0 fully saturated rings. The fourth-order valence-electron chi connectivity index (χ4n) is 1.14. The van der Waals surface area contributed by atoms with Crippen LogP contribution in [0.15, 0.2) is 5.16 Å². The summed E-state index contributed by atoms with van der Waals surface area (Å²) >= 11 is 0.946. The Morgan fingerprint density at radius 1 is 1.52 bits per heavy atom. The second-order valence-corrected chi connectivity index (χ2v) is 6.06. The molecule has 1 unspecified atom stereocenters. The van der Waals surface area contributed by atoms with E-state index >= 15 is 0 Å². The van der Waals surface area contributed by atoms with Crippen LogP contribution in [-0.2, 0) is 19.2 Å². The molecule has 8 nitrogen and oxygen atoms in total. The average Bonchev–Trinajstić information content (AvgIpc) is 2.78. The molecule has 1 aromatic rings. The number of anilines is 1. The number of rotatable bonds is 6. The summed E-state index contributed by atoms with van der Waals surface area (Å²) in [7, 11) is 0. The van der Waals surface area contributed by atoms with E-state index in [1.165, 1.54) is 0 Å². The van der Waals surface area contributed by atoms with Crippen LogP contribution in [0.5, 0.6) is 0 Å². The van der Waals surface area contributed by atoms with Gasteiger partial charge in [0.15, 0.2) is 23.0 Å². The van der Waals surface area contributed by atoms with Gasteiger partial charge in [-0.3, -0.25) is 9.59 Å². The van der Waals surface area contributed by atoms with Gasteiger partial charge in [-0.15, -0.1) is 0 Å². The Kier molecular flexibility index (Phi) is 5.77. The van der Waals surface area contributed by atoms with Crippen molar-refractivity contribution < 1.29 is 19.2 Å². The molecule has 0 aromatic carbocycles. The van der Waals surface area contributed by atoms with Crippen LogP contribution in [0, 0.1) is 5.92 Å². The number of nitrogen functional groups attached to an aromatic ring is 1. The molecule has 0 saturated carbocycles. The minimum atomic E-state index is -0.565. The Labute approximate surface area is 126 Å². The second-order valence-electron chi connectivity index (χ2n) is 5.28. The van der Waals surface area contributed by atoms with E-state index in [0.717, 1.165) is 11.5 Å². The SMILES string of the molecule is CC(CO/N=C(\C=O)c1nsc(N)n1)C(=O)OC(C)(C)C. The molecular formula is C12H18N4O4S. The summed E-state index contributed by atoms with van der Waals surface area (Å²) < 4.78 is 9.03. The molecule has 1 heterocycles. The lowest BCUT2D eigenvalue weighted by atomic mass is 10.1. The van der Waals surface area contributed by atoms with E-state index in [1.54, 1.807) is 27.7 Å². The quantitative estimate of drug-likeness (QED) is 0.360. The van der Waals surface area contributed by atoms with Crippen LogP contribution in [0.25, 0.3) is 0 Å². The minimum absolute atomic E-state index is 0.0220. The number of hydrogen-bond acceptors (Lipinski definition) is 9. The van der Waals surface area contributed by atoms with Gasteiger partial charge in [-0.05, 0) is 27.7 Å². The van der Waals surface area contributed by atoms with E-state index in [9.17, 15) is 9.59 Å². The molecule has 1 rings (SSSR count). The van der Waals surface area contributed by atoms with Crippen molar-refractivity contribution in [2.24, 2.45) is 11.1 Å². The number of carbonyl (C=O) groups excluding carboxylic acids is 2. The summed E-state index contributed by atoms with van der Waals surface area (Å²) in [5, 5.41) is 3.84. The van der Waals surface area contributed by atoms with E-state index in [0.29, 0.717) is 6.29 Å². The normalized spacial score (nSPS) is 13.6. The van der Waals surface area contributed by atoms with Gasteiger partial charge in [-0.1, -0.05) is 5.16 Å². The van der Waals surface area contributed by atoms with Crippen LogP contribution >= 0.6 is 11.5 Å². The van der Waals surface area contributed by atoms with E-state index in [-0.39, 0.29) is 23.3 Å². The minimum Gasteiger partial charge on any atom is -0.460 e. The Morgan fingerprint density at radius 3 is 2.67 bits per heavy atom. The fraction of sp³-hybridized carbons (Fsp3) is 0.583. The van der Waals surface area contributed by atoms with Crippen LogP contribution in [0.2, 0.25) is 0 Å². The van der Waals surface area contributed by atoms with Crippen molar-refractivity contribution in [1.82, 2.24) is 9.36 Å². The molecule has 0 spiro atoms. The average molecular weight is 314 g/mol. The monoisotopic (exact) mass is 314 g/mol. The Morgan fingerprint density at radius 2 is 2.19 bits per heavy atom. The molecule has 0 aliphatic carbocycles. The van der Waals surface area contributed by atoms with Crippen molar-refractivity contribution in [3.8, 4) is 0 Å². The Bertz CT molecular complexity index is 536. The molecule has 21 heavy (non-hydrogen) atoms. The summed E-state index contributed by atoms with van der Waals surface area (Å²) in [5.74, 6) is -0.826. The molecule has 1 atom stereocenters. The molecule has 0 bridgehead atoms. The third kappa shape index (κ3) is 5.86. The van der Waals surface area contributed by atoms with Crippen molar-refractivity contribution in [2.45, 2.75) is 33.3 Å². The van der Waals surface area contributed by atoms with E-state index in [2.05, 4.69) is 14.5 Å². The molecule has 1 aromatic heterocycles. The number of carbonyl (C=O) groups is 2.